The van der Waals surface area contributed by atoms with Crippen molar-refractivity contribution in [3.8, 4) is 0 Å². The molecule has 2 N–H and O–H groups in total. The Balaban J connectivity index is 1.76. The molecular formula is C14H22N4O2. The molecule has 20 heavy (non-hydrogen) atoms. The maximum Gasteiger partial charge on any atom is 0.223 e. The smallest absolute Gasteiger partial charge is 0.223 e. The number of nitrogens with two attached hydrogens (primary N) is 1. The van der Waals surface area contributed by atoms with Gasteiger partial charge in [0.25, 0.3) is 0 Å². The van der Waals surface area contributed by atoms with Crippen LogP contribution >= 0.6 is 0 Å². The standard InChI is InChI=1S/C14H22N4O2/c15-13(19)8-12-14(11-5-7-20-9-11)18(17-16-12)6-4-10-2-1-3-10/h10-11H,1-9H2,(H2,15,19). The Hall–Kier alpha value is -1.43. The van der Waals surface area contributed by atoms with E-state index in [4.69, 9.17) is 10.5 Å². The minimum atomic E-state index is -0.351. The Bertz CT molecular complexity index is 476. The van der Waals surface area contributed by atoms with Crippen LogP contribution < -0.4 is 5.73 Å². The van der Waals surface area contributed by atoms with E-state index in [9.17, 15) is 4.79 Å². The molecular weight excluding hydrogens is 256 g/mol. The first-order valence-corrected chi connectivity index (χ1v) is 7.52. The molecule has 2 fully saturated rings. The van der Waals surface area contributed by atoms with Crippen LogP contribution in [-0.2, 0) is 22.5 Å². The number of nitrogens with zero attached hydrogens (tertiary/aromatic N) is 3. The number of hydrogen-bond donors (Lipinski definition) is 1. The van der Waals surface area contributed by atoms with E-state index >= 15 is 0 Å². The van der Waals surface area contributed by atoms with Gasteiger partial charge in [0, 0.05) is 19.1 Å². The van der Waals surface area contributed by atoms with Gasteiger partial charge in [-0.1, -0.05) is 24.5 Å². The lowest BCUT2D eigenvalue weighted by molar-refractivity contribution is -0.117. The normalized spacial score (nSPS) is 22.9. The summed E-state index contributed by atoms with van der Waals surface area (Å²) in [5.41, 5.74) is 7.11. The molecule has 1 amide bonds. The van der Waals surface area contributed by atoms with Crippen molar-refractivity contribution in [3.05, 3.63) is 11.4 Å². The lowest BCUT2D eigenvalue weighted by Crippen LogP contribution is -2.19. The van der Waals surface area contributed by atoms with Gasteiger partial charge in [-0.25, -0.2) is 4.68 Å². The van der Waals surface area contributed by atoms with E-state index in [0.29, 0.717) is 12.5 Å². The van der Waals surface area contributed by atoms with E-state index in [2.05, 4.69) is 10.3 Å². The third kappa shape index (κ3) is 2.85. The third-order valence-electron chi connectivity index (χ3n) is 4.48. The van der Waals surface area contributed by atoms with Gasteiger partial charge in [0.05, 0.1) is 24.4 Å². The van der Waals surface area contributed by atoms with E-state index in [1.807, 2.05) is 4.68 Å². The number of carbonyl (C=O) groups is 1. The molecule has 0 spiro atoms. The molecule has 1 aromatic rings. The van der Waals surface area contributed by atoms with Crippen molar-refractivity contribution in [2.24, 2.45) is 11.7 Å². The van der Waals surface area contributed by atoms with Crippen molar-refractivity contribution in [1.82, 2.24) is 15.0 Å². The fourth-order valence-corrected chi connectivity index (χ4v) is 3.10. The number of ether oxygens (including phenoxy) is 1. The van der Waals surface area contributed by atoms with Gasteiger partial charge in [-0.2, -0.15) is 0 Å². The SMILES string of the molecule is NC(=O)Cc1nnn(CCC2CCC2)c1C1CCOC1. The van der Waals surface area contributed by atoms with Gasteiger partial charge in [-0.15, -0.1) is 5.10 Å². The lowest BCUT2D eigenvalue weighted by atomic mass is 9.83. The van der Waals surface area contributed by atoms with Crippen LogP contribution in [0.2, 0.25) is 0 Å². The number of hydrogen-bond acceptors (Lipinski definition) is 4. The summed E-state index contributed by atoms with van der Waals surface area (Å²) >= 11 is 0. The summed E-state index contributed by atoms with van der Waals surface area (Å²) in [6.45, 7) is 2.36. The summed E-state index contributed by atoms with van der Waals surface area (Å²) in [6, 6.07) is 0. The molecule has 3 rings (SSSR count). The van der Waals surface area contributed by atoms with Gasteiger partial charge in [-0.3, -0.25) is 4.79 Å². The zero-order chi connectivity index (χ0) is 13.9. The van der Waals surface area contributed by atoms with Crippen LogP contribution in [0.5, 0.6) is 0 Å². The van der Waals surface area contributed by atoms with Crippen molar-refractivity contribution in [2.45, 2.75) is 51.0 Å². The number of rotatable bonds is 6. The van der Waals surface area contributed by atoms with Gasteiger partial charge in [-0.05, 0) is 18.8 Å². The molecule has 1 aliphatic carbocycles. The molecule has 1 saturated heterocycles. The summed E-state index contributed by atoms with van der Waals surface area (Å²) in [7, 11) is 0. The van der Waals surface area contributed by atoms with Crippen molar-refractivity contribution in [2.75, 3.05) is 13.2 Å². The van der Waals surface area contributed by atoms with Crippen LogP contribution in [0.4, 0.5) is 0 Å². The Morgan fingerprint density at radius 1 is 1.40 bits per heavy atom. The van der Waals surface area contributed by atoms with Crippen LogP contribution in [0, 0.1) is 5.92 Å². The van der Waals surface area contributed by atoms with Gasteiger partial charge in [0.2, 0.25) is 5.91 Å². The Morgan fingerprint density at radius 2 is 2.25 bits per heavy atom. The predicted octanol–water partition coefficient (Wildman–Crippen LogP) is 1.000. The minimum absolute atomic E-state index is 0.176. The average Bonchev–Trinajstić information content (AvgIpc) is 2.95. The highest BCUT2D eigenvalue weighted by Crippen LogP contribution is 2.31. The van der Waals surface area contributed by atoms with Crippen LogP contribution in [-0.4, -0.2) is 34.1 Å². The fourth-order valence-electron chi connectivity index (χ4n) is 3.10. The summed E-state index contributed by atoms with van der Waals surface area (Å²) < 4.78 is 7.45. The topological polar surface area (TPSA) is 83.0 Å². The van der Waals surface area contributed by atoms with Gasteiger partial charge in [0.15, 0.2) is 0 Å². The first-order chi connectivity index (χ1) is 9.74. The van der Waals surface area contributed by atoms with Crippen LogP contribution in [0.1, 0.15) is 49.4 Å². The summed E-state index contributed by atoms with van der Waals surface area (Å²) in [5, 5.41) is 8.43. The van der Waals surface area contributed by atoms with E-state index < -0.39 is 0 Å². The molecule has 0 bridgehead atoms. The molecule has 2 aliphatic rings. The molecule has 6 heteroatoms. The first kappa shape index (κ1) is 13.5. The summed E-state index contributed by atoms with van der Waals surface area (Å²) in [4.78, 5) is 11.2. The van der Waals surface area contributed by atoms with Crippen LogP contribution in [0.15, 0.2) is 0 Å². The Labute approximate surface area is 118 Å². The second-order valence-corrected chi connectivity index (χ2v) is 5.93. The van der Waals surface area contributed by atoms with Crippen LogP contribution in [0.25, 0.3) is 0 Å². The Kier molecular flexibility index (Phi) is 4.00. The molecule has 6 nitrogen and oxygen atoms in total. The molecule has 1 aliphatic heterocycles. The van der Waals surface area contributed by atoms with E-state index in [1.165, 1.54) is 19.3 Å². The highest BCUT2D eigenvalue weighted by atomic mass is 16.5. The van der Waals surface area contributed by atoms with E-state index in [1.54, 1.807) is 0 Å². The number of primary amides is 1. The maximum absolute atomic E-state index is 11.2. The van der Waals surface area contributed by atoms with E-state index in [-0.39, 0.29) is 12.3 Å². The Morgan fingerprint density at radius 3 is 2.85 bits per heavy atom. The molecule has 0 aromatic carbocycles. The quantitative estimate of drug-likeness (QED) is 0.841. The summed E-state index contributed by atoms with van der Waals surface area (Å²) in [5.74, 6) is 0.795. The summed E-state index contributed by atoms with van der Waals surface area (Å²) in [6.07, 6.45) is 6.34. The average molecular weight is 278 g/mol. The minimum Gasteiger partial charge on any atom is -0.381 e. The number of aryl methyl sites for hydroxylation is 1. The lowest BCUT2D eigenvalue weighted by Gasteiger charge is -2.25. The van der Waals surface area contributed by atoms with Crippen molar-refractivity contribution < 1.29 is 9.53 Å². The highest BCUT2D eigenvalue weighted by Gasteiger charge is 2.27. The molecule has 1 unspecified atom stereocenters. The highest BCUT2D eigenvalue weighted by molar-refractivity contribution is 5.76. The maximum atomic E-state index is 11.2. The van der Waals surface area contributed by atoms with Crippen molar-refractivity contribution >= 4 is 5.91 Å². The van der Waals surface area contributed by atoms with Crippen molar-refractivity contribution in [3.63, 3.8) is 0 Å². The molecule has 110 valence electrons. The van der Waals surface area contributed by atoms with Gasteiger partial charge >= 0.3 is 0 Å². The van der Waals surface area contributed by atoms with Crippen LogP contribution in [0.3, 0.4) is 0 Å². The second kappa shape index (κ2) is 5.91. The second-order valence-electron chi connectivity index (χ2n) is 5.93. The zero-order valence-electron chi connectivity index (χ0n) is 11.8. The van der Waals surface area contributed by atoms with Gasteiger partial charge < -0.3 is 10.5 Å². The zero-order valence-corrected chi connectivity index (χ0v) is 11.8. The van der Waals surface area contributed by atoms with Gasteiger partial charge in [0.1, 0.15) is 0 Å². The number of aromatic nitrogens is 3. The number of amides is 1. The predicted molar refractivity (Wildman–Crippen MR) is 73.1 cm³/mol. The fraction of sp³-hybridized carbons (Fsp3) is 0.786. The molecule has 1 saturated carbocycles. The molecule has 2 heterocycles. The van der Waals surface area contributed by atoms with Crippen molar-refractivity contribution in [1.29, 1.82) is 0 Å². The monoisotopic (exact) mass is 278 g/mol. The molecule has 1 atom stereocenters. The first-order valence-electron chi connectivity index (χ1n) is 7.52. The third-order valence-corrected chi connectivity index (χ3v) is 4.48. The number of carbonyl (C=O) groups excluding carboxylic acids is 1. The molecule has 0 radical (unpaired) electrons. The largest absolute Gasteiger partial charge is 0.381 e. The molecule has 1 aromatic heterocycles. The van der Waals surface area contributed by atoms with E-state index in [0.717, 1.165) is 43.3 Å².